The van der Waals surface area contributed by atoms with E-state index in [-0.39, 0.29) is 23.2 Å². The van der Waals surface area contributed by atoms with Crippen LogP contribution in [0, 0.1) is 11.6 Å². The third-order valence-corrected chi connectivity index (χ3v) is 4.10. The minimum absolute atomic E-state index is 0.142. The van der Waals surface area contributed by atoms with Crippen molar-refractivity contribution in [3.05, 3.63) is 58.6 Å². The number of quaternary nitrogens is 1. The molecule has 25 heavy (non-hydrogen) atoms. The van der Waals surface area contributed by atoms with Crippen LogP contribution in [0.2, 0.25) is 5.02 Å². The largest absolute Gasteiger partial charge is 0.494 e. The molecule has 0 heterocycles. The second-order valence-corrected chi connectivity index (χ2v) is 6.01. The fourth-order valence-corrected chi connectivity index (χ4v) is 2.65. The van der Waals surface area contributed by atoms with Gasteiger partial charge < -0.3 is 15.0 Å². The summed E-state index contributed by atoms with van der Waals surface area (Å²) < 4.78 is 31.7. The van der Waals surface area contributed by atoms with Gasteiger partial charge in [0.05, 0.1) is 24.4 Å². The van der Waals surface area contributed by atoms with Gasteiger partial charge in [-0.1, -0.05) is 11.6 Å². The number of carbonyl (C=O) groups is 1. The van der Waals surface area contributed by atoms with Crippen molar-refractivity contribution in [1.82, 2.24) is 0 Å². The van der Waals surface area contributed by atoms with Gasteiger partial charge in [0.25, 0.3) is 5.91 Å². The topological polar surface area (TPSA) is 42.8 Å². The van der Waals surface area contributed by atoms with Crippen molar-refractivity contribution in [2.24, 2.45) is 0 Å². The van der Waals surface area contributed by atoms with E-state index in [9.17, 15) is 13.6 Å². The fourth-order valence-electron chi connectivity index (χ4n) is 2.43. The lowest BCUT2D eigenvalue weighted by Crippen LogP contribution is -3.11. The van der Waals surface area contributed by atoms with Gasteiger partial charge in [-0.15, -0.1) is 0 Å². The molecule has 0 aliphatic heterocycles. The molecule has 0 aliphatic carbocycles. The predicted octanol–water partition coefficient (Wildman–Crippen LogP) is 2.67. The molecule has 0 bridgehead atoms. The molecule has 2 aromatic rings. The standard InChI is InChI=1S/C18H19ClF2N2O2/c1-3-23(10-12-4-7-17(25-2)15(21)8-12)11-18(24)22-16-6-5-13(20)9-14(16)19/h4-9H,3,10-11H2,1-2H3,(H,22,24)/p+1. The van der Waals surface area contributed by atoms with E-state index in [0.29, 0.717) is 18.8 Å². The SMILES string of the molecule is CC[NH+](CC(=O)Nc1ccc(F)cc1Cl)Cc1ccc(OC)c(F)c1. The Balaban J connectivity index is 1.98. The van der Waals surface area contributed by atoms with E-state index in [1.54, 1.807) is 12.1 Å². The summed E-state index contributed by atoms with van der Waals surface area (Å²) in [6, 6.07) is 8.53. The molecule has 0 spiro atoms. The van der Waals surface area contributed by atoms with Crippen LogP contribution < -0.4 is 15.0 Å². The molecule has 2 rings (SSSR count). The summed E-state index contributed by atoms with van der Waals surface area (Å²) in [7, 11) is 1.41. The number of methoxy groups -OCH3 is 1. The monoisotopic (exact) mass is 369 g/mol. The minimum atomic E-state index is -0.467. The number of hydrogen-bond acceptors (Lipinski definition) is 2. The first kappa shape index (κ1) is 19.1. The number of nitrogens with one attached hydrogen (secondary N) is 2. The Labute approximate surface area is 150 Å². The van der Waals surface area contributed by atoms with Crippen molar-refractivity contribution in [3.63, 3.8) is 0 Å². The van der Waals surface area contributed by atoms with Gasteiger partial charge >= 0.3 is 0 Å². The van der Waals surface area contributed by atoms with E-state index < -0.39 is 11.6 Å². The lowest BCUT2D eigenvalue weighted by Gasteiger charge is -2.18. The molecular weight excluding hydrogens is 350 g/mol. The molecule has 1 unspecified atom stereocenters. The van der Waals surface area contributed by atoms with Gasteiger partial charge in [-0.25, -0.2) is 8.78 Å². The molecular formula is C18H20ClF2N2O2+. The Bertz CT molecular complexity index is 756. The van der Waals surface area contributed by atoms with E-state index in [1.807, 2.05) is 6.92 Å². The van der Waals surface area contributed by atoms with E-state index >= 15 is 0 Å². The van der Waals surface area contributed by atoms with E-state index in [2.05, 4.69) is 5.32 Å². The number of hydrogen-bond donors (Lipinski definition) is 2. The maximum atomic E-state index is 13.8. The fraction of sp³-hybridized carbons (Fsp3) is 0.278. The van der Waals surface area contributed by atoms with Crippen LogP contribution in [-0.2, 0) is 11.3 Å². The molecule has 0 saturated carbocycles. The summed E-state index contributed by atoms with van der Waals surface area (Å²) in [5, 5.41) is 2.81. The van der Waals surface area contributed by atoms with Gasteiger partial charge in [-0.3, -0.25) is 4.79 Å². The molecule has 0 aliphatic rings. The van der Waals surface area contributed by atoms with Crippen molar-refractivity contribution < 1.29 is 23.2 Å². The van der Waals surface area contributed by atoms with Crippen LogP contribution in [0.25, 0.3) is 0 Å². The third-order valence-electron chi connectivity index (χ3n) is 3.79. The highest BCUT2D eigenvalue weighted by atomic mass is 35.5. The second kappa shape index (κ2) is 8.78. The van der Waals surface area contributed by atoms with Gasteiger partial charge in [0, 0.05) is 5.56 Å². The number of likely N-dealkylation sites (N-methyl/N-ethyl adjacent to an activating group) is 1. The lowest BCUT2D eigenvalue weighted by molar-refractivity contribution is -0.903. The van der Waals surface area contributed by atoms with Crippen LogP contribution >= 0.6 is 11.6 Å². The van der Waals surface area contributed by atoms with Gasteiger partial charge in [0.2, 0.25) is 0 Å². The summed E-state index contributed by atoms with van der Waals surface area (Å²) in [6.45, 7) is 3.28. The normalized spacial score (nSPS) is 11.9. The van der Waals surface area contributed by atoms with Crippen molar-refractivity contribution >= 4 is 23.2 Å². The molecule has 0 fully saturated rings. The smallest absolute Gasteiger partial charge is 0.279 e. The van der Waals surface area contributed by atoms with Crippen molar-refractivity contribution in [2.45, 2.75) is 13.5 Å². The van der Waals surface area contributed by atoms with E-state index in [0.717, 1.165) is 16.5 Å². The van der Waals surface area contributed by atoms with Crippen LogP contribution in [0.1, 0.15) is 12.5 Å². The number of ether oxygens (including phenoxy) is 1. The molecule has 1 atom stereocenters. The summed E-state index contributed by atoms with van der Waals surface area (Å²) in [5.41, 5.74) is 1.13. The zero-order valence-corrected chi connectivity index (χ0v) is 14.8. The van der Waals surface area contributed by atoms with Gasteiger partial charge in [0.15, 0.2) is 18.1 Å². The Hall–Kier alpha value is -2.18. The first-order valence-electron chi connectivity index (χ1n) is 7.83. The molecule has 2 N–H and O–H groups in total. The highest BCUT2D eigenvalue weighted by Crippen LogP contribution is 2.22. The highest BCUT2D eigenvalue weighted by Gasteiger charge is 2.16. The van der Waals surface area contributed by atoms with Crippen molar-refractivity contribution in [3.8, 4) is 5.75 Å². The van der Waals surface area contributed by atoms with E-state index in [4.69, 9.17) is 16.3 Å². The summed E-state index contributed by atoms with van der Waals surface area (Å²) in [6.07, 6.45) is 0. The predicted molar refractivity (Wildman–Crippen MR) is 93.1 cm³/mol. The maximum Gasteiger partial charge on any atom is 0.279 e. The first-order valence-corrected chi connectivity index (χ1v) is 8.21. The van der Waals surface area contributed by atoms with Crippen molar-refractivity contribution in [2.75, 3.05) is 25.5 Å². The van der Waals surface area contributed by atoms with Crippen LogP contribution in [0.4, 0.5) is 14.5 Å². The minimum Gasteiger partial charge on any atom is -0.494 e. The van der Waals surface area contributed by atoms with Gasteiger partial charge in [-0.2, -0.15) is 0 Å². The van der Waals surface area contributed by atoms with Crippen LogP contribution in [0.5, 0.6) is 5.75 Å². The third kappa shape index (κ3) is 5.41. The molecule has 1 amide bonds. The number of carbonyl (C=O) groups excluding carboxylic acids is 1. The first-order chi connectivity index (χ1) is 11.9. The second-order valence-electron chi connectivity index (χ2n) is 5.60. The van der Waals surface area contributed by atoms with Crippen LogP contribution in [0.3, 0.4) is 0 Å². The molecule has 0 saturated heterocycles. The summed E-state index contributed by atoms with van der Waals surface area (Å²) >= 11 is 5.90. The Morgan fingerprint density at radius 3 is 2.60 bits per heavy atom. The Kier molecular flexibility index (Phi) is 6.73. The molecule has 4 nitrogen and oxygen atoms in total. The zero-order valence-electron chi connectivity index (χ0n) is 14.0. The van der Waals surface area contributed by atoms with Crippen LogP contribution in [-0.4, -0.2) is 26.1 Å². The highest BCUT2D eigenvalue weighted by molar-refractivity contribution is 6.33. The number of amides is 1. The average molecular weight is 370 g/mol. The Morgan fingerprint density at radius 1 is 1.24 bits per heavy atom. The van der Waals surface area contributed by atoms with Gasteiger partial charge in [0.1, 0.15) is 12.4 Å². The molecule has 7 heteroatoms. The molecule has 2 aromatic carbocycles. The number of rotatable bonds is 7. The van der Waals surface area contributed by atoms with Gasteiger partial charge in [-0.05, 0) is 43.3 Å². The average Bonchev–Trinajstić information content (AvgIpc) is 2.57. The zero-order chi connectivity index (χ0) is 18.4. The quantitative estimate of drug-likeness (QED) is 0.788. The lowest BCUT2D eigenvalue weighted by atomic mass is 10.2. The van der Waals surface area contributed by atoms with Crippen LogP contribution in [0.15, 0.2) is 36.4 Å². The molecule has 134 valence electrons. The number of halogens is 3. The number of benzene rings is 2. The summed E-state index contributed by atoms with van der Waals surface area (Å²) in [4.78, 5) is 13.1. The maximum absolute atomic E-state index is 13.8. The molecule has 0 aromatic heterocycles. The van der Waals surface area contributed by atoms with E-state index in [1.165, 1.54) is 25.3 Å². The van der Waals surface area contributed by atoms with Crippen molar-refractivity contribution in [1.29, 1.82) is 0 Å². The molecule has 0 radical (unpaired) electrons. The summed E-state index contributed by atoms with van der Waals surface area (Å²) in [5.74, 6) is -0.965. The number of anilines is 1. The Morgan fingerprint density at radius 2 is 2.00 bits per heavy atom.